The van der Waals surface area contributed by atoms with Crippen LogP contribution in [0.15, 0.2) is 40.8 Å². The van der Waals surface area contributed by atoms with Gasteiger partial charge in [0, 0.05) is 42.6 Å². The van der Waals surface area contributed by atoms with Gasteiger partial charge in [-0.25, -0.2) is 12.8 Å². The van der Waals surface area contributed by atoms with E-state index in [1.165, 1.54) is 47.8 Å². The van der Waals surface area contributed by atoms with E-state index < -0.39 is 21.7 Å². The molecule has 1 aliphatic rings. The van der Waals surface area contributed by atoms with Crippen LogP contribution in [0.5, 0.6) is 0 Å². The van der Waals surface area contributed by atoms with Crippen molar-refractivity contribution in [2.24, 2.45) is 0 Å². The molecule has 0 radical (unpaired) electrons. The van der Waals surface area contributed by atoms with Crippen molar-refractivity contribution in [3.63, 3.8) is 0 Å². The lowest BCUT2D eigenvalue weighted by molar-refractivity contribution is 0.0961. The van der Waals surface area contributed by atoms with Gasteiger partial charge in [-0.15, -0.1) is 0 Å². The van der Waals surface area contributed by atoms with Crippen LogP contribution in [0.1, 0.15) is 33.6 Å². The molecule has 2 aromatic carbocycles. The second kappa shape index (κ2) is 7.24. The van der Waals surface area contributed by atoms with Gasteiger partial charge in [-0.1, -0.05) is 0 Å². The Balaban J connectivity index is 2.04. The summed E-state index contributed by atoms with van der Waals surface area (Å²) in [6.07, 6.45) is 1.67. The molecule has 0 bridgehead atoms. The molecule has 156 valence electrons. The third kappa shape index (κ3) is 3.35. The first-order valence-corrected chi connectivity index (χ1v) is 11.1. The number of carbonyl (C=O) groups excluding carboxylic acids is 2. The average Bonchev–Trinajstić information content (AvgIpc) is 2.98. The predicted molar refractivity (Wildman–Crippen MR) is 111 cm³/mol. The van der Waals surface area contributed by atoms with Gasteiger partial charge in [-0.3, -0.25) is 13.9 Å². The number of halogens is 1. The summed E-state index contributed by atoms with van der Waals surface area (Å²) >= 11 is 0. The number of ketones is 1. The van der Waals surface area contributed by atoms with Crippen molar-refractivity contribution in [2.75, 3.05) is 24.2 Å². The number of nitrogens with zero attached hydrogens (tertiary/aromatic N) is 1. The topological polar surface area (TPSA) is 96.7 Å². The quantitative estimate of drug-likeness (QED) is 0.687. The standard InChI is InChI=1S/C21H19FN2O5S/c1-23-21(26)19-15-10-14-16(24(30(2,27)28)9-3-4-17(14)25)11-18(15)29-20(19)12-5-7-13(22)8-6-12/h5-8,10-11H,3-4,9H2,1-2H3,(H,23,26). The zero-order valence-corrected chi connectivity index (χ0v) is 17.2. The normalized spacial score (nSPS) is 14.5. The number of benzene rings is 2. The van der Waals surface area contributed by atoms with E-state index >= 15 is 0 Å². The fraction of sp³-hybridized carbons (Fsp3) is 0.238. The molecule has 30 heavy (non-hydrogen) atoms. The van der Waals surface area contributed by atoms with Gasteiger partial charge >= 0.3 is 0 Å². The number of fused-ring (bicyclic) bond motifs is 2. The smallest absolute Gasteiger partial charge is 0.255 e. The fourth-order valence-corrected chi connectivity index (χ4v) is 4.67. The van der Waals surface area contributed by atoms with E-state index in [0.29, 0.717) is 17.4 Å². The third-order valence-corrected chi connectivity index (χ3v) is 6.28. The summed E-state index contributed by atoms with van der Waals surface area (Å²) in [6.45, 7) is 0.177. The Kier molecular flexibility index (Phi) is 4.85. The summed E-state index contributed by atoms with van der Waals surface area (Å²) in [7, 11) is -2.15. The number of rotatable bonds is 3. The molecule has 0 atom stereocenters. The molecule has 9 heteroatoms. The molecule has 0 unspecified atom stereocenters. The highest BCUT2D eigenvalue weighted by atomic mass is 32.2. The lowest BCUT2D eigenvalue weighted by Crippen LogP contribution is -2.30. The van der Waals surface area contributed by atoms with E-state index in [9.17, 15) is 22.4 Å². The lowest BCUT2D eigenvalue weighted by Gasteiger charge is -2.21. The first-order chi connectivity index (χ1) is 14.2. The van der Waals surface area contributed by atoms with Crippen molar-refractivity contribution in [1.29, 1.82) is 0 Å². The molecule has 7 nitrogen and oxygen atoms in total. The molecule has 1 aromatic heterocycles. The van der Waals surface area contributed by atoms with Crippen molar-refractivity contribution in [2.45, 2.75) is 12.8 Å². The molecular weight excluding hydrogens is 411 g/mol. The van der Waals surface area contributed by atoms with Gasteiger partial charge in [-0.05, 0) is 36.8 Å². The number of furan rings is 1. The first-order valence-electron chi connectivity index (χ1n) is 9.30. The van der Waals surface area contributed by atoms with E-state index in [2.05, 4.69) is 5.32 Å². The maximum atomic E-state index is 13.4. The Bertz CT molecular complexity index is 1280. The molecule has 3 aromatic rings. The second-order valence-corrected chi connectivity index (χ2v) is 9.03. The summed E-state index contributed by atoms with van der Waals surface area (Å²) in [4.78, 5) is 25.3. The molecule has 4 rings (SSSR count). The van der Waals surface area contributed by atoms with Gasteiger partial charge in [-0.2, -0.15) is 0 Å². The zero-order chi connectivity index (χ0) is 21.6. The van der Waals surface area contributed by atoms with Crippen LogP contribution >= 0.6 is 0 Å². The number of hydrogen-bond donors (Lipinski definition) is 1. The highest BCUT2D eigenvalue weighted by Gasteiger charge is 2.30. The Labute approximate surface area is 172 Å². The van der Waals surface area contributed by atoms with Gasteiger partial charge in [0.05, 0.1) is 17.5 Å². The summed E-state index contributed by atoms with van der Waals surface area (Å²) < 4.78 is 45.1. The van der Waals surface area contributed by atoms with E-state index in [4.69, 9.17) is 4.42 Å². The van der Waals surface area contributed by atoms with Crippen molar-refractivity contribution in [3.8, 4) is 11.3 Å². The summed E-state index contributed by atoms with van der Waals surface area (Å²) in [5.74, 6) is -0.861. The van der Waals surface area contributed by atoms with Crippen molar-refractivity contribution in [1.82, 2.24) is 5.32 Å². The number of hydrogen-bond acceptors (Lipinski definition) is 5. The van der Waals surface area contributed by atoms with E-state index in [1.807, 2.05) is 0 Å². The molecule has 1 amide bonds. The van der Waals surface area contributed by atoms with Gasteiger partial charge in [0.15, 0.2) is 5.78 Å². The van der Waals surface area contributed by atoms with E-state index in [0.717, 1.165) is 6.26 Å². The molecule has 0 aliphatic carbocycles. The maximum absolute atomic E-state index is 13.4. The number of anilines is 1. The average molecular weight is 430 g/mol. The molecule has 0 saturated carbocycles. The Morgan fingerprint density at radius 1 is 1.20 bits per heavy atom. The minimum atomic E-state index is -3.62. The van der Waals surface area contributed by atoms with Crippen molar-refractivity contribution in [3.05, 3.63) is 53.3 Å². The summed E-state index contributed by atoms with van der Waals surface area (Å²) in [5.41, 5.74) is 1.39. The molecule has 1 aliphatic heterocycles. The van der Waals surface area contributed by atoms with Gasteiger partial charge < -0.3 is 9.73 Å². The molecule has 2 heterocycles. The predicted octanol–water partition coefficient (Wildman–Crippen LogP) is 3.34. The SMILES string of the molecule is CNC(=O)c1c(-c2ccc(F)cc2)oc2cc3c(cc12)C(=O)CCCN3S(C)(=O)=O. The molecule has 0 fully saturated rings. The van der Waals surface area contributed by atoms with Crippen molar-refractivity contribution < 1.29 is 26.8 Å². The van der Waals surface area contributed by atoms with Crippen LogP contribution in [0.4, 0.5) is 10.1 Å². The van der Waals surface area contributed by atoms with Crippen LogP contribution in [0.3, 0.4) is 0 Å². The molecular formula is C21H19FN2O5S. The van der Waals surface area contributed by atoms with Crippen molar-refractivity contribution >= 4 is 38.4 Å². The molecule has 0 saturated heterocycles. The maximum Gasteiger partial charge on any atom is 0.255 e. The number of sulfonamides is 1. The van der Waals surface area contributed by atoms with E-state index in [1.54, 1.807) is 0 Å². The van der Waals surface area contributed by atoms with Crippen LogP contribution in [-0.4, -0.2) is 40.0 Å². The Morgan fingerprint density at radius 2 is 1.90 bits per heavy atom. The Hall–Kier alpha value is -3.20. The van der Waals surface area contributed by atoms with Crippen LogP contribution in [0.25, 0.3) is 22.3 Å². The number of carbonyl (C=O) groups is 2. The van der Waals surface area contributed by atoms with Gasteiger partial charge in [0.2, 0.25) is 10.0 Å². The second-order valence-electron chi connectivity index (χ2n) is 7.12. The molecule has 1 N–H and O–H groups in total. The first kappa shape index (κ1) is 20.1. The van der Waals surface area contributed by atoms with Crippen LogP contribution in [0, 0.1) is 5.82 Å². The van der Waals surface area contributed by atoms with Gasteiger partial charge in [0.1, 0.15) is 17.2 Å². The monoisotopic (exact) mass is 430 g/mol. The lowest BCUT2D eigenvalue weighted by atomic mass is 10.00. The highest BCUT2D eigenvalue weighted by molar-refractivity contribution is 7.92. The largest absolute Gasteiger partial charge is 0.455 e. The van der Waals surface area contributed by atoms with Crippen LogP contribution in [0.2, 0.25) is 0 Å². The minimum Gasteiger partial charge on any atom is -0.455 e. The Morgan fingerprint density at radius 3 is 2.53 bits per heavy atom. The number of amides is 1. The minimum absolute atomic E-state index is 0.177. The summed E-state index contributed by atoms with van der Waals surface area (Å²) in [5, 5.41) is 2.94. The molecule has 0 spiro atoms. The van der Waals surface area contributed by atoms with Crippen LogP contribution in [-0.2, 0) is 10.0 Å². The number of nitrogens with one attached hydrogen (secondary N) is 1. The van der Waals surface area contributed by atoms with Crippen LogP contribution < -0.4 is 9.62 Å². The summed E-state index contributed by atoms with van der Waals surface area (Å²) in [6, 6.07) is 8.46. The highest BCUT2D eigenvalue weighted by Crippen LogP contribution is 2.39. The zero-order valence-electron chi connectivity index (χ0n) is 16.4. The van der Waals surface area contributed by atoms with E-state index in [-0.39, 0.29) is 46.9 Å². The fourth-order valence-electron chi connectivity index (χ4n) is 3.70. The number of Topliss-reactive ketones (excluding diaryl/α,β-unsaturated/α-hetero) is 1. The van der Waals surface area contributed by atoms with Gasteiger partial charge in [0.25, 0.3) is 5.91 Å². The third-order valence-electron chi connectivity index (χ3n) is 5.10.